The Bertz CT molecular complexity index is 1500. The highest BCUT2D eigenvalue weighted by Crippen LogP contribution is 2.34. The Morgan fingerprint density at radius 3 is 2.73 bits per heavy atom. The highest BCUT2D eigenvalue weighted by Gasteiger charge is 2.22. The summed E-state index contributed by atoms with van der Waals surface area (Å²) >= 11 is 0. The third-order valence-electron chi connectivity index (χ3n) is 5.16. The Balaban J connectivity index is 1.46. The maximum absolute atomic E-state index is 11.8. The van der Waals surface area contributed by atoms with Crippen LogP contribution in [-0.4, -0.2) is 48.8 Å². The van der Waals surface area contributed by atoms with Crippen LogP contribution in [0.1, 0.15) is 0 Å². The van der Waals surface area contributed by atoms with Crippen molar-refractivity contribution in [3.05, 3.63) is 60.8 Å². The first-order chi connectivity index (χ1) is 15.8. The van der Waals surface area contributed by atoms with Gasteiger partial charge in [-0.25, -0.2) is 17.9 Å². The number of nitrogens with zero attached hydrogens (tertiary/aromatic N) is 4. The van der Waals surface area contributed by atoms with Gasteiger partial charge in [-0.3, -0.25) is 9.52 Å². The van der Waals surface area contributed by atoms with E-state index in [0.29, 0.717) is 28.8 Å². The van der Waals surface area contributed by atoms with Crippen molar-refractivity contribution in [2.45, 2.75) is 0 Å². The molecular weight excluding hydrogens is 444 g/mol. The molecule has 168 valence electrons. The van der Waals surface area contributed by atoms with Gasteiger partial charge in [0.2, 0.25) is 16.0 Å². The lowest BCUT2D eigenvalue weighted by Crippen LogP contribution is -2.35. The van der Waals surface area contributed by atoms with Gasteiger partial charge in [0.15, 0.2) is 6.61 Å². The summed E-state index contributed by atoms with van der Waals surface area (Å²) in [4.78, 5) is 17.7. The fourth-order valence-corrected chi connectivity index (χ4v) is 4.17. The van der Waals surface area contributed by atoms with Crippen molar-refractivity contribution < 1.29 is 17.9 Å². The first kappa shape index (κ1) is 20.8. The smallest absolute Gasteiger partial charge is 0.264 e. The fraction of sp³-hybridized carbons (Fsp3) is 0.136. The van der Waals surface area contributed by atoms with Crippen molar-refractivity contribution in [1.29, 1.82) is 0 Å². The number of amides is 1. The van der Waals surface area contributed by atoms with E-state index in [4.69, 9.17) is 4.74 Å². The van der Waals surface area contributed by atoms with Crippen LogP contribution in [0.25, 0.3) is 16.8 Å². The number of carbonyl (C=O) groups is 1. The van der Waals surface area contributed by atoms with Gasteiger partial charge in [0.1, 0.15) is 5.75 Å². The van der Waals surface area contributed by atoms with E-state index in [0.717, 1.165) is 23.0 Å². The molecule has 0 fully saturated rings. The van der Waals surface area contributed by atoms with Crippen LogP contribution in [0, 0.1) is 0 Å². The molecule has 0 saturated heterocycles. The van der Waals surface area contributed by atoms with Gasteiger partial charge in [-0.05, 0) is 36.4 Å². The third-order valence-corrected chi connectivity index (χ3v) is 5.77. The monoisotopic (exact) mass is 464 g/mol. The van der Waals surface area contributed by atoms with Crippen molar-refractivity contribution in [3.63, 3.8) is 0 Å². The summed E-state index contributed by atoms with van der Waals surface area (Å²) in [5.41, 5.74) is 4.23. The minimum atomic E-state index is -3.38. The Kier molecular flexibility index (Phi) is 4.90. The first-order valence-corrected chi connectivity index (χ1v) is 11.9. The van der Waals surface area contributed by atoms with Crippen LogP contribution in [-0.2, 0) is 14.8 Å². The lowest BCUT2D eigenvalue weighted by molar-refractivity contribution is -0.120. The van der Waals surface area contributed by atoms with Crippen molar-refractivity contribution >= 4 is 44.5 Å². The number of ether oxygens (including phenoxy) is 1. The van der Waals surface area contributed by atoms with E-state index in [1.54, 1.807) is 53.0 Å². The predicted octanol–water partition coefficient (Wildman–Crippen LogP) is 2.87. The lowest BCUT2D eigenvalue weighted by Gasteiger charge is -2.26. The molecule has 0 unspecified atom stereocenters. The van der Waals surface area contributed by atoms with Crippen LogP contribution in [0.4, 0.5) is 23.0 Å². The van der Waals surface area contributed by atoms with Gasteiger partial charge >= 0.3 is 0 Å². The molecule has 3 heterocycles. The van der Waals surface area contributed by atoms with Gasteiger partial charge in [0, 0.05) is 30.1 Å². The summed E-state index contributed by atoms with van der Waals surface area (Å²) < 4.78 is 32.9. The highest BCUT2D eigenvalue weighted by molar-refractivity contribution is 7.92. The normalized spacial score (nSPS) is 13.5. The van der Waals surface area contributed by atoms with Crippen LogP contribution >= 0.6 is 0 Å². The van der Waals surface area contributed by atoms with Gasteiger partial charge in [-0.1, -0.05) is 12.1 Å². The molecular formula is C22H20N6O4S. The number of aromatic nitrogens is 3. The summed E-state index contributed by atoms with van der Waals surface area (Å²) in [6.45, 7) is -0.00457. The van der Waals surface area contributed by atoms with Gasteiger partial charge in [-0.2, -0.15) is 0 Å². The number of nitrogens with one attached hydrogen (secondary N) is 2. The van der Waals surface area contributed by atoms with Gasteiger partial charge < -0.3 is 15.0 Å². The van der Waals surface area contributed by atoms with Crippen molar-refractivity contribution in [3.8, 4) is 17.0 Å². The molecule has 1 amide bonds. The Hall–Kier alpha value is -4.12. The number of benzene rings is 2. The molecule has 0 radical (unpaired) electrons. The quantitative estimate of drug-likeness (QED) is 0.466. The number of hydrogen-bond donors (Lipinski definition) is 2. The molecule has 0 spiro atoms. The number of likely N-dealkylation sites (N-methyl/N-ethyl adjacent to an activating group) is 1. The minimum Gasteiger partial charge on any atom is -0.481 e. The van der Waals surface area contributed by atoms with E-state index in [1.165, 1.54) is 0 Å². The second-order valence-corrected chi connectivity index (χ2v) is 9.39. The topological polar surface area (TPSA) is 118 Å². The average Bonchev–Trinajstić information content (AvgIpc) is 3.19. The Labute approximate surface area is 189 Å². The predicted molar refractivity (Wildman–Crippen MR) is 126 cm³/mol. The molecule has 0 atom stereocenters. The lowest BCUT2D eigenvalue weighted by atomic mass is 10.1. The molecule has 33 heavy (non-hydrogen) atoms. The summed E-state index contributed by atoms with van der Waals surface area (Å²) in [6, 6.07) is 16.3. The van der Waals surface area contributed by atoms with E-state index in [1.807, 2.05) is 24.3 Å². The number of fused-ring (bicyclic) bond motifs is 2. The zero-order chi connectivity index (χ0) is 23.2. The molecule has 0 saturated carbocycles. The van der Waals surface area contributed by atoms with Gasteiger partial charge in [0.25, 0.3) is 5.91 Å². The van der Waals surface area contributed by atoms with Gasteiger partial charge in [-0.15, -0.1) is 5.10 Å². The average molecular weight is 465 g/mol. The van der Waals surface area contributed by atoms with E-state index in [2.05, 4.69) is 20.1 Å². The maximum atomic E-state index is 11.8. The number of carbonyl (C=O) groups excluding carboxylic acids is 1. The molecule has 4 aromatic rings. The fourth-order valence-electron chi connectivity index (χ4n) is 3.62. The van der Waals surface area contributed by atoms with Crippen LogP contribution < -0.4 is 19.7 Å². The summed E-state index contributed by atoms with van der Waals surface area (Å²) in [5.74, 6) is 0.860. The van der Waals surface area contributed by atoms with E-state index in [9.17, 15) is 13.2 Å². The van der Waals surface area contributed by atoms with E-state index in [-0.39, 0.29) is 12.5 Å². The zero-order valence-electron chi connectivity index (χ0n) is 17.8. The van der Waals surface area contributed by atoms with E-state index < -0.39 is 10.0 Å². The molecule has 1 aliphatic heterocycles. The Morgan fingerprint density at radius 1 is 1.06 bits per heavy atom. The number of anilines is 4. The van der Waals surface area contributed by atoms with Crippen LogP contribution in [0.3, 0.4) is 0 Å². The number of rotatable bonds is 5. The summed E-state index contributed by atoms with van der Waals surface area (Å²) in [5, 5.41) is 7.77. The Morgan fingerprint density at radius 2 is 1.91 bits per heavy atom. The van der Waals surface area contributed by atoms with Crippen molar-refractivity contribution in [2.24, 2.45) is 0 Å². The molecule has 1 aliphatic rings. The second-order valence-electron chi connectivity index (χ2n) is 7.64. The molecule has 11 heteroatoms. The maximum Gasteiger partial charge on any atom is 0.264 e. The number of hydrogen-bond acceptors (Lipinski definition) is 7. The molecule has 0 bridgehead atoms. The van der Waals surface area contributed by atoms with Crippen molar-refractivity contribution in [2.75, 3.05) is 34.8 Å². The molecule has 2 aromatic carbocycles. The number of sulfonamides is 1. The van der Waals surface area contributed by atoms with Crippen molar-refractivity contribution in [1.82, 2.24) is 14.6 Å². The molecule has 2 N–H and O–H groups in total. The summed E-state index contributed by atoms with van der Waals surface area (Å²) in [6.07, 6.45) is 2.80. The molecule has 2 aromatic heterocycles. The SMILES string of the molecule is CN1C(=O)COc2cc(Nc3ncc4ccc(-c5cccc(NS(C)(=O)=O)c5)n4n3)ccc21. The van der Waals surface area contributed by atoms with Crippen LogP contribution in [0.5, 0.6) is 5.75 Å². The molecule has 10 nitrogen and oxygen atoms in total. The molecule has 0 aliphatic carbocycles. The zero-order valence-corrected chi connectivity index (χ0v) is 18.6. The largest absolute Gasteiger partial charge is 0.481 e. The highest BCUT2D eigenvalue weighted by atomic mass is 32.2. The van der Waals surface area contributed by atoms with Gasteiger partial charge in [0.05, 0.1) is 29.4 Å². The third kappa shape index (κ3) is 4.17. The minimum absolute atomic E-state index is 0.00457. The van der Waals surface area contributed by atoms with Crippen LogP contribution in [0.2, 0.25) is 0 Å². The second kappa shape index (κ2) is 7.78. The standard InChI is InChI=1S/C22H20N6O4S/c1-27-19-8-6-15(11-20(19)32-13-21(27)29)24-22-23-12-17-7-9-18(28(17)25-22)14-4-3-5-16(10-14)26-33(2,30)31/h3-12,26H,13H2,1-2H3,(H,24,25). The van der Waals surface area contributed by atoms with E-state index >= 15 is 0 Å². The molecule has 5 rings (SSSR count). The summed E-state index contributed by atoms with van der Waals surface area (Å²) in [7, 11) is -1.67. The first-order valence-electron chi connectivity index (χ1n) is 10.0. The van der Waals surface area contributed by atoms with Crippen LogP contribution in [0.15, 0.2) is 60.8 Å².